The Kier molecular flexibility index (Phi) is 3.37. The van der Waals surface area contributed by atoms with Gasteiger partial charge in [0, 0.05) is 13.6 Å². The fourth-order valence-electron chi connectivity index (χ4n) is 2.14. The third kappa shape index (κ3) is 2.19. The zero-order valence-electron chi connectivity index (χ0n) is 11.5. The summed E-state index contributed by atoms with van der Waals surface area (Å²) in [6.45, 7) is 3.47. The molecule has 20 heavy (non-hydrogen) atoms. The zero-order chi connectivity index (χ0) is 15.1. The first-order valence-corrected chi connectivity index (χ1v) is 6.10. The van der Waals surface area contributed by atoms with Gasteiger partial charge in [0.1, 0.15) is 5.52 Å². The third-order valence-electron chi connectivity index (χ3n) is 3.22. The SMILES string of the molecule is CNC(=O)C(C)(C)Cn1c(N)nc2ccc(F)c(F)c21. The van der Waals surface area contributed by atoms with Gasteiger partial charge in [0.2, 0.25) is 11.9 Å². The van der Waals surface area contributed by atoms with Crippen molar-refractivity contribution in [2.45, 2.75) is 20.4 Å². The second-order valence-corrected chi connectivity index (χ2v) is 5.25. The van der Waals surface area contributed by atoms with Gasteiger partial charge in [0.15, 0.2) is 11.6 Å². The van der Waals surface area contributed by atoms with E-state index in [0.29, 0.717) is 0 Å². The van der Waals surface area contributed by atoms with E-state index in [1.165, 1.54) is 17.7 Å². The van der Waals surface area contributed by atoms with Gasteiger partial charge in [-0.15, -0.1) is 0 Å². The first kappa shape index (κ1) is 14.2. The molecule has 1 aromatic carbocycles. The van der Waals surface area contributed by atoms with E-state index in [2.05, 4.69) is 10.3 Å². The Labute approximate surface area is 114 Å². The lowest BCUT2D eigenvalue weighted by atomic mass is 9.92. The van der Waals surface area contributed by atoms with Gasteiger partial charge in [-0.05, 0) is 26.0 Å². The molecule has 0 aliphatic rings. The maximum Gasteiger partial charge on any atom is 0.227 e. The molecule has 0 saturated carbocycles. The summed E-state index contributed by atoms with van der Waals surface area (Å²) in [5.41, 5.74) is 5.14. The van der Waals surface area contributed by atoms with Gasteiger partial charge >= 0.3 is 0 Å². The highest BCUT2D eigenvalue weighted by Gasteiger charge is 2.29. The number of anilines is 1. The highest BCUT2D eigenvalue weighted by molar-refractivity contribution is 5.83. The molecule has 1 amide bonds. The van der Waals surface area contributed by atoms with Crippen LogP contribution in [0.5, 0.6) is 0 Å². The summed E-state index contributed by atoms with van der Waals surface area (Å²) in [6, 6.07) is 2.35. The average Bonchev–Trinajstić information content (AvgIpc) is 2.70. The van der Waals surface area contributed by atoms with Crippen molar-refractivity contribution in [2.75, 3.05) is 12.8 Å². The number of aromatic nitrogens is 2. The molecule has 0 unspecified atom stereocenters. The number of fused-ring (bicyclic) bond motifs is 1. The number of halogens is 2. The molecule has 7 heteroatoms. The highest BCUT2D eigenvalue weighted by atomic mass is 19.2. The van der Waals surface area contributed by atoms with Crippen molar-refractivity contribution in [3.05, 3.63) is 23.8 Å². The number of benzene rings is 1. The van der Waals surface area contributed by atoms with E-state index in [9.17, 15) is 13.6 Å². The van der Waals surface area contributed by atoms with Gasteiger partial charge in [-0.2, -0.15) is 0 Å². The molecule has 0 radical (unpaired) electrons. The molecule has 0 spiro atoms. The summed E-state index contributed by atoms with van der Waals surface area (Å²) in [5.74, 6) is -2.17. The van der Waals surface area contributed by atoms with Crippen molar-refractivity contribution in [3.63, 3.8) is 0 Å². The van der Waals surface area contributed by atoms with Gasteiger partial charge < -0.3 is 15.6 Å². The van der Waals surface area contributed by atoms with Crippen LogP contribution in [0.2, 0.25) is 0 Å². The molecule has 5 nitrogen and oxygen atoms in total. The number of rotatable bonds is 3. The van der Waals surface area contributed by atoms with Crippen LogP contribution in [0.4, 0.5) is 14.7 Å². The molecule has 2 rings (SSSR count). The van der Waals surface area contributed by atoms with Crippen LogP contribution in [-0.2, 0) is 11.3 Å². The predicted octanol–water partition coefficient (Wildman–Crippen LogP) is 1.67. The molecule has 0 aliphatic heterocycles. The molecule has 108 valence electrons. The number of nitrogens with zero attached hydrogens (tertiary/aromatic N) is 2. The number of nitrogens with one attached hydrogen (secondary N) is 1. The molecule has 0 atom stereocenters. The van der Waals surface area contributed by atoms with E-state index < -0.39 is 17.0 Å². The molecule has 1 heterocycles. The lowest BCUT2D eigenvalue weighted by Crippen LogP contribution is -2.38. The molecular weight excluding hydrogens is 266 g/mol. The Morgan fingerprint density at radius 3 is 2.70 bits per heavy atom. The maximum absolute atomic E-state index is 13.9. The fraction of sp³-hybridized carbons (Fsp3) is 0.385. The van der Waals surface area contributed by atoms with E-state index in [0.717, 1.165) is 6.07 Å². The Morgan fingerprint density at radius 2 is 2.10 bits per heavy atom. The molecule has 1 aromatic heterocycles. The van der Waals surface area contributed by atoms with Crippen LogP contribution in [0.3, 0.4) is 0 Å². The molecule has 0 saturated heterocycles. The van der Waals surface area contributed by atoms with Crippen LogP contribution >= 0.6 is 0 Å². The van der Waals surface area contributed by atoms with Crippen LogP contribution < -0.4 is 11.1 Å². The quantitative estimate of drug-likeness (QED) is 0.899. The Hall–Kier alpha value is -2.18. The zero-order valence-corrected chi connectivity index (χ0v) is 11.5. The van der Waals surface area contributed by atoms with Gasteiger partial charge in [0.25, 0.3) is 0 Å². The number of hydrogen-bond donors (Lipinski definition) is 2. The number of carbonyl (C=O) groups is 1. The lowest BCUT2D eigenvalue weighted by Gasteiger charge is -2.24. The topological polar surface area (TPSA) is 72.9 Å². The predicted molar refractivity (Wildman–Crippen MR) is 71.9 cm³/mol. The molecule has 0 bridgehead atoms. The largest absolute Gasteiger partial charge is 0.369 e. The number of carbonyl (C=O) groups excluding carboxylic acids is 1. The van der Waals surface area contributed by atoms with E-state index in [-0.39, 0.29) is 29.4 Å². The minimum atomic E-state index is -1.01. The van der Waals surface area contributed by atoms with Crippen molar-refractivity contribution in [3.8, 4) is 0 Å². The van der Waals surface area contributed by atoms with Crippen LogP contribution in [0.15, 0.2) is 12.1 Å². The van der Waals surface area contributed by atoms with E-state index in [1.807, 2.05) is 0 Å². The number of amides is 1. The Balaban J connectivity index is 2.57. The number of nitrogen functional groups attached to an aromatic ring is 1. The van der Waals surface area contributed by atoms with E-state index in [1.54, 1.807) is 13.8 Å². The fourth-order valence-corrected chi connectivity index (χ4v) is 2.14. The van der Waals surface area contributed by atoms with Gasteiger partial charge in [-0.25, -0.2) is 13.8 Å². The third-order valence-corrected chi connectivity index (χ3v) is 3.22. The summed E-state index contributed by atoms with van der Waals surface area (Å²) in [6.07, 6.45) is 0. The first-order valence-electron chi connectivity index (χ1n) is 6.10. The number of nitrogens with two attached hydrogens (primary N) is 1. The van der Waals surface area contributed by atoms with Crippen molar-refractivity contribution in [2.24, 2.45) is 5.41 Å². The maximum atomic E-state index is 13.9. The molecule has 2 aromatic rings. The van der Waals surface area contributed by atoms with E-state index in [4.69, 9.17) is 5.73 Å². The summed E-state index contributed by atoms with van der Waals surface area (Å²) >= 11 is 0. The van der Waals surface area contributed by atoms with Crippen molar-refractivity contribution >= 4 is 22.9 Å². The molecule has 3 N–H and O–H groups in total. The van der Waals surface area contributed by atoms with Gasteiger partial charge in [-0.3, -0.25) is 4.79 Å². The molecule has 0 aliphatic carbocycles. The summed E-state index contributed by atoms with van der Waals surface area (Å²) < 4.78 is 28.6. The van der Waals surface area contributed by atoms with Crippen LogP contribution in [0, 0.1) is 17.0 Å². The molecular formula is C13H16F2N4O. The molecule has 0 fully saturated rings. The second kappa shape index (κ2) is 4.73. The minimum absolute atomic E-state index is 0.0283. The van der Waals surface area contributed by atoms with E-state index >= 15 is 0 Å². The smallest absolute Gasteiger partial charge is 0.227 e. The Morgan fingerprint density at radius 1 is 1.45 bits per heavy atom. The number of imidazole rings is 1. The summed E-state index contributed by atoms with van der Waals surface area (Å²) in [5, 5.41) is 2.53. The number of hydrogen-bond acceptors (Lipinski definition) is 3. The monoisotopic (exact) mass is 282 g/mol. The average molecular weight is 282 g/mol. The highest BCUT2D eigenvalue weighted by Crippen LogP contribution is 2.27. The van der Waals surface area contributed by atoms with Crippen molar-refractivity contribution in [1.29, 1.82) is 0 Å². The second-order valence-electron chi connectivity index (χ2n) is 5.25. The van der Waals surface area contributed by atoms with Gasteiger partial charge in [0.05, 0.1) is 10.9 Å². The van der Waals surface area contributed by atoms with Crippen molar-refractivity contribution < 1.29 is 13.6 Å². The van der Waals surface area contributed by atoms with Gasteiger partial charge in [-0.1, -0.05) is 0 Å². The van der Waals surface area contributed by atoms with Crippen LogP contribution in [-0.4, -0.2) is 22.5 Å². The van der Waals surface area contributed by atoms with Crippen molar-refractivity contribution in [1.82, 2.24) is 14.9 Å². The van der Waals surface area contributed by atoms with Crippen LogP contribution in [0.1, 0.15) is 13.8 Å². The first-order chi connectivity index (χ1) is 9.27. The normalized spacial score (nSPS) is 11.8. The lowest BCUT2D eigenvalue weighted by molar-refractivity contribution is -0.129. The summed E-state index contributed by atoms with van der Waals surface area (Å²) in [7, 11) is 1.51. The summed E-state index contributed by atoms with van der Waals surface area (Å²) in [4.78, 5) is 15.8. The Bertz CT molecular complexity index is 679. The van der Waals surface area contributed by atoms with Crippen LogP contribution in [0.25, 0.3) is 11.0 Å². The minimum Gasteiger partial charge on any atom is -0.369 e. The standard InChI is InChI=1S/C13H16F2N4O/c1-13(2,11(20)17-3)6-19-10-8(18-12(19)16)5-4-7(14)9(10)15/h4-5H,6H2,1-3H3,(H2,16,18)(H,17,20).